The lowest BCUT2D eigenvalue weighted by Crippen LogP contribution is -2.18. The van der Waals surface area contributed by atoms with Gasteiger partial charge in [0.1, 0.15) is 11.8 Å². The fourth-order valence-electron chi connectivity index (χ4n) is 3.91. The molecule has 0 atom stereocenters. The third-order valence-electron chi connectivity index (χ3n) is 5.51. The standard InChI is InChI=1S/C24H25N3O3/c1-15(2)30-24(28)26-17-9-7-16(8-10-17)23-21(14-25)20-12-11-19(29-3)13-22(20)27(23)18-5-4-6-18/h7-13,15,18H,4-6H2,1-3H3,(H,26,28). The maximum absolute atomic E-state index is 11.9. The van der Waals surface area contributed by atoms with Gasteiger partial charge in [0.2, 0.25) is 0 Å². The number of nitrogens with one attached hydrogen (secondary N) is 1. The van der Waals surface area contributed by atoms with Crippen molar-refractivity contribution >= 4 is 22.7 Å². The minimum absolute atomic E-state index is 0.183. The van der Waals surface area contributed by atoms with Gasteiger partial charge in [0.15, 0.2) is 0 Å². The Hall–Kier alpha value is -3.46. The smallest absolute Gasteiger partial charge is 0.411 e. The van der Waals surface area contributed by atoms with E-state index in [1.54, 1.807) is 21.0 Å². The first-order valence-corrected chi connectivity index (χ1v) is 10.2. The number of hydrogen-bond donors (Lipinski definition) is 1. The summed E-state index contributed by atoms with van der Waals surface area (Å²) < 4.78 is 12.8. The van der Waals surface area contributed by atoms with E-state index in [2.05, 4.69) is 16.0 Å². The van der Waals surface area contributed by atoms with Gasteiger partial charge in [-0.15, -0.1) is 0 Å². The Morgan fingerprint density at radius 3 is 2.50 bits per heavy atom. The van der Waals surface area contributed by atoms with Crippen molar-refractivity contribution in [3.05, 3.63) is 48.0 Å². The van der Waals surface area contributed by atoms with E-state index in [9.17, 15) is 10.1 Å². The lowest BCUT2D eigenvalue weighted by molar-refractivity contribution is 0.130. The number of fused-ring (bicyclic) bond motifs is 1. The molecule has 3 aromatic rings. The van der Waals surface area contributed by atoms with Crippen molar-refractivity contribution in [2.45, 2.75) is 45.3 Å². The maximum atomic E-state index is 11.9. The number of nitriles is 1. The van der Waals surface area contributed by atoms with Gasteiger partial charge in [-0.1, -0.05) is 12.1 Å². The minimum Gasteiger partial charge on any atom is -0.497 e. The molecule has 4 rings (SSSR count). The quantitative estimate of drug-likeness (QED) is 0.578. The maximum Gasteiger partial charge on any atom is 0.411 e. The fourth-order valence-corrected chi connectivity index (χ4v) is 3.91. The monoisotopic (exact) mass is 403 g/mol. The first-order valence-electron chi connectivity index (χ1n) is 10.2. The van der Waals surface area contributed by atoms with Gasteiger partial charge in [0, 0.05) is 23.2 Å². The lowest BCUT2D eigenvalue weighted by Gasteiger charge is -2.30. The van der Waals surface area contributed by atoms with Gasteiger partial charge in [-0.05, 0) is 62.9 Å². The number of anilines is 1. The van der Waals surface area contributed by atoms with Crippen LogP contribution in [0.4, 0.5) is 10.5 Å². The second-order valence-electron chi connectivity index (χ2n) is 7.83. The Morgan fingerprint density at radius 1 is 1.20 bits per heavy atom. The SMILES string of the molecule is COc1ccc2c(C#N)c(-c3ccc(NC(=O)OC(C)C)cc3)n(C3CCC3)c2c1. The molecule has 1 saturated carbocycles. The summed E-state index contributed by atoms with van der Waals surface area (Å²) in [5, 5.41) is 13.6. The zero-order chi connectivity index (χ0) is 21.3. The number of methoxy groups -OCH3 is 1. The van der Waals surface area contributed by atoms with Crippen molar-refractivity contribution in [2.24, 2.45) is 0 Å². The third kappa shape index (κ3) is 3.59. The molecular weight excluding hydrogens is 378 g/mol. The zero-order valence-electron chi connectivity index (χ0n) is 17.4. The molecular formula is C24H25N3O3. The number of carbonyl (C=O) groups excluding carboxylic acids is 1. The topological polar surface area (TPSA) is 76.3 Å². The number of aromatic nitrogens is 1. The number of rotatable bonds is 5. The van der Waals surface area contributed by atoms with E-state index in [0.717, 1.165) is 40.8 Å². The average Bonchev–Trinajstić information content (AvgIpc) is 3.00. The summed E-state index contributed by atoms with van der Waals surface area (Å²) in [6.45, 7) is 3.61. The molecule has 0 radical (unpaired) electrons. The molecule has 1 fully saturated rings. The molecule has 0 unspecified atom stereocenters. The van der Waals surface area contributed by atoms with E-state index in [4.69, 9.17) is 9.47 Å². The molecule has 1 aromatic heterocycles. The van der Waals surface area contributed by atoms with Gasteiger partial charge < -0.3 is 14.0 Å². The molecule has 6 nitrogen and oxygen atoms in total. The molecule has 154 valence electrons. The van der Waals surface area contributed by atoms with Gasteiger partial charge in [-0.2, -0.15) is 5.26 Å². The Kier molecular flexibility index (Phi) is 5.37. The highest BCUT2D eigenvalue weighted by Crippen LogP contribution is 2.43. The summed E-state index contributed by atoms with van der Waals surface area (Å²) in [6.07, 6.45) is 2.72. The van der Waals surface area contributed by atoms with Crippen LogP contribution in [-0.2, 0) is 4.74 Å². The number of benzene rings is 2. The lowest BCUT2D eigenvalue weighted by atomic mass is 9.92. The van der Waals surface area contributed by atoms with E-state index in [1.165, 1.54) is 6.42 Å². The molecule has 0 aliphatic heterocycles. The summed E-state index contributed by atoms with van der Waals surface area (Å²) in [7, 11) is 1.65. The van der Waals surface area contributed by atoms with Crippen LogP contribution < -0.4 is 10.1 Å². The molecule has 30 heavy (non-hydrogen) atoms. The molecule has 2 aromatic carbocycles. The number of ether oxygens (including phenoxy) is 2. The fraction of sp³-hybridized carbons (Fsp3) is 0.333. The zero-order valence-corrected chi connectivity index (χ0v) is 17.4. The number of amides is 1. The second kappa shape index (κ2) is 8.11. The molecule has 6 heteroatoms. The predicted octanol–water partition coefficient (Wildman–Crippen LogP) is 5.87. The van der Waals surface area contributed by atoms with E-state index in [1.807, 2.05) is 42.5 Å². The highest BCUT2D eigenvalue weighted by atomic mass is 16.6. The van der Waals surface area contributed by atoms with Gasteiger partial charge in [0.25, 0.3) is 0 Å². The highest BCUT2D eigenvalue weighted by Gasteiger charge is 2.28. The summed E-state index contributed by atoms with van der Waals surface area (Å²) in [5.74, 6) is 0.778. The van der Waals surface area contributed by atoms with Crippen LogP contribution in [0.5, 0.6) is 5.75 Å². The second-order valence-corrected chi connectivity index (χ2v) is 7.83. The van der Waals surface area contributed by atoms with Crippen LogP contribution in [0.3, 0.4) is 0 Å². The van der Waals surface area contributed by atoms with Crippen LogP contribution in [0.25, 0.3) is 22.2 Å². The van der Waals surface area contributed by atoms with Crippen molar-refractivity contribution in [1.29, 1.82) is 5.26 Å². The van der Waals surface area contributed by atoms with Crippen LogP contribution in [0.2, 0.25) is 0 Å². The molecule has 1 aliphatic carbocycles. The predicted molar refractivity (Wildman–Crippen MR) is 117 cm³/mol. The third-order valence-corrected chi connectivity index (χ3v) is 5.51. The number of nitrogens with zero attached hydrogens (tertiary/aromatic N) is 2. The van der Waals surface area contributed by atoms with E-state index < -0.39 is 6.09 Å². The van der Waals surface area contributed by atoms with Crippen LogP contribution in [0.15, 0.2) is 42.5 Å². The van der Waals surface area contributed by atoms with E-state index >= 15 is 0 Å². The first kappa shape index (κ1) is 19.8. The Labute approximate surface area is 176 Å². The first-order chi connectivity index (χ1) is 14.5. The summed E-state index contributed by atoms with van der Waals surface area (Å²) in [5.41, 5.74) is 4.20. The van der Waals surface area contributed by atoms with Crippen molar-refractivity contribution in [3.63, 3.8) is 0 Å². The van der Waals surface area contributed by atoms with Crippen LogP contribution in [0, 0.1) is 11.3 Å². The molecule has 0 saturated heterocycles. The highest BCUT2D eigenvalue weighted by molar-refractivity contribution is 5.96. The molecule has 0 spiro atoms. The number of carbonyl (C=O) groups is 1. The van der Waals surface area contributed by atoms with Crippen molar-refractivity contribution in [3.8, 4) is 23.1 Å². The average molecular weight is 403 g/mol. The van der Waals surface area contributed by atoms with Crippen molar-refractivity contribution in [2.75, 3.05) is 12.4 Å². The van der Waals surface area contributed by atoms with Crippen molar-refractivity contribution < 1.29 is 14.3 Å². The molecule has 0 bridgehead atoms. The molecule has 1 heterocycles. The summed E-state index contributed by atoms with van der Waals surface area (Å²) >= 11 is 0. The van der Waals surface area contributed by atoms with Crippen LogP contribution in [0.1, 0.15) is 44.7 Å². The number of hydrogen-bond acceptors (Lipinski definition) is 4. The summed E-state index contributed by atoms with van der Waals surface area (Å²) in [4.78, 5) is 11.9. The Bertz CT molecular complexity index is 1120. The minimum atomic E-state index is -0.480. The van der Waals surface area contributed by atoms with Gasteiger partial charge >= 0.3 is 6.09 Å². The summed E-state index contributed by atoms with van der Waals surface area (Å²) in [6, 6.07) is 16.2. The van der Waals surface area contributed by atoms with Crippen LogP contribution >= 0.6 is 0 Å². The van der Waals surface area contributed by atoms with Gasteiger partial charge in [0.05, 0.1) is 30.0 Å². The Morgan fingerprint density at radius 2 is 1.93 bits per heavy atom. The van der Waals surface area contributed by atoms with Crippen molar-refractivity contribution in [1.82, 2.24) is 4.57 Å². The molecule has 1 aliphatic rings. The van der Waals surface area contributed by atoms with Gasteiger partial charge in [-0.3, -0.25) is 5.32 Å². The molecule has 1 amide bonds. The van der Waals surface area contributed by atoms with Crippen LogP contribution in [-0.4, -0.2) is 23.9 Å². The normalized spacial score (nSPS) is 13.7. The van der Waals surface area contributed by atoms with E-state index in [-0.39, 0.29) is 6.10 Å². The molecule has 1 N–H and O–H groups in total. The Balaban J connectivity index is 1.78. The van der Waals surface area contributed by atoms with E-state index in [0.29, 0.717) is 17.3 Å². The van der Waals surface area contributed by atoms with Gasteiger partial charge in [-0.25, -0.2) is 4.79 Å². The largest absolute Gasteiger partial charge is 0.497 e.